The van der Waals surface area contributed by atoms with E-state index in [4.69, 9.17) is 9.47 Å². The first-order valence-electron chi connectivity index (χ1n) is 8.16. The summed E-state index contributed by atoms with van der Waals surface area (Å²) in [5, 5.41) is 12.1. The Hall–Kier alpha value is -2.72. The number of carbonyl (C=O) groups excluding carboxylic acids is 1. The number of benzene rings is 1. The van der Waals surface area contributed by atoms with E-state index in [1.165, 1.54) is 17.8 Å². The minimum absolute atomic E-state index is 0.260. The number of nitrogens with zero attached hydrogens (tertiary/aromatic N) is 2. The molecule has 0 saturated heterocycles. The van der Waals surface area contributed by atoms with Gasteiger partial charge >= 0.3 is 0 Å². The van der Waals surface area contributed by atoms with Crippen LogP contribution in [0.4, 0.5) is 0 Å². The first-order chi connectivity index (χ1) is 12.7. The van der Waals surface area contributed by atoms with Gasteiger partial charge in [-0.1, -0.05) is 23.9 Å². The summed E-state index contributed by atoms with van der Waals surface area (Å²) < 4.78 is 10.6. The molecule has 1 aromatic rings. The molecule has 0 aromatic heterocycles. The van der Waals surface area contributed by atoms with Crippen LogP contribution in [0.2, 0.25) is 0 Å². The SMILES string of the molecule is COc1cccc(/C=C/C(=O)NC2SC3=C(CCN=C3)C2C#N)c1OC. The van der Waals surface area contributed by atoms with Crippen LogP contribution in [0.3, 0.4) is 0 Å². The van der Waals surface area contributed by atoms with Gasteiger partial charge in [0.2, 0.25) is 5.91 Å². The van der Waals surface area contributed by atoms with E-state index in [2.05, 4.69) is 16.4 Å². The van der Waals surface area contributed by atoms with Crippen LogP contribution in [-0.4, -0.2) is 38.3 Å². The standard InChI is InChI=1S/C19H19N3O3S/c1-24-15-5-3-4-12(18(15)25-2)6-7-17(23)22-19-14(10-20)13-8-9-21-11-16(13)26-19/h3-7,11,14,19H,8-9H2,1-2H3,(H,22,23)/b7-6+. The predicted molar refractivity (Wildman–Crippen MR) is 102 cm³/mol. The topological polar surface area (TPSA) is 83.7 Å². The second-order valence-corrected chi connectivity index (χ2v) is 6.93. The van der Waals surface area contributed by atoms with Crippen molar-refractivity contribution in [3.8, 4) is 17.6 Å². The highest BCUT2D eigenvalue weighted by Gasteiger charge is 2.36. The van der Waals surface area contributed by atoms with Gasteiger partial charge in [-0.25, -0.2) is 0 Å². The Kier molecular flexibility index (Phi) is 5.64. The number of hydrogen-bond acceptors (Lipinski definition) is 6. The number of aliphatic imine (C=N–C) groups is 1. The zero-order valence-corrected chi connectivity index (χ0v) is 15.4. The number of nitrogens with one attached hydrogen (secondary N) is 1. The van der Waals surface area contributed by atoms with Gasteiger partial charge in [0.1, 0.15) is 0 Å². The van der Waals surface area contributed by atoms with E-state index < -0.39 is 0 Å². The largest absolute Gasteiger partial charge is 0.493 e. The molecule has 7 heteroatoms. The van der Waals surface area contributed by atoms with Gasteiger partial charge in [-0.2, -0.15) is 5.26 Å². The van der Waals surface area contributed by atoms with E-state index in [1.807, 2.05) is 12.1 Å². The lowest BCUT2D eigenvalue weighted by Crippen LogP contribution is -2.35. The monoisotopic (exact) mass is 369 g/mol. The minimum atomic E-state index is -0.314. The summed E-state index contributed by atoms with van der Waals surface area (Å²) in [6, 6.07) is 7.77. The van der Waals surface area contributed by atoms with Gasteiger partial charge in [0.05, 0.1) is 31.6 Å². The average molecular weight is 369 g/mol. The van der Waals surface area contributed by atoms with E-state index >= 15 is 0 Å². The van der Waals surface area contributed by atoms with Crippen molar-refractivity contribution in [2.24, 2.45) is 10.9 Å². The van der Waals surface area contributed by atoms with Gasteiger partial charge in [-0.15, -0.1) is 0 Å². The van der Waals surface area contributed by atoms with E-state index in [9.17, 15) is 10.1 Å². The molecule has 134 valence electrons. The van der Waals surface area contributed by atoms with Crippen molar-refractivity contribution in [1.29, 1.82) is 5.26 Å². The molecule has 2 aliphatic rings. The Bertz CT molecular complexity index is 839. The lowest BCUT2D eigenvalue weighted by Gasteiger charge is -2.16. The van der Waals surface area contributed by atoms with Gasteiger partial charge in [-0.3, -0.25) is 9.79 Å². The molecule has 2 heterocycles. The number of amides is 1. The van der Waals surface area contributed by atoms with E-state index in [1.54, 1.807) is 32.6 Å². The Morgan fingerprint density at radius 3 is 3.00 bits per heavy atom. The molecule has 26 heavy (non-hydrogen) atoms. The molecule has 0 bridgehead atoms. The molecule has 3 rings (SSSR count). The first kappa shape index (κ1) is 18.1. The van der Waals surface area contributed by atoms with Crippen molar-refractivity contribution in [2.75, 3.05) is 20.8 Å². The van der Waals surface area contributed by atoms with Gasteiger partial charge in [0, 0.05) is 29.3 Å². The lowest BCUT2D eigenvalue weighted by atomic mass is 9.96. The van der Waals surface area contributed by atoms with Gasteiger partial charge in [0.15, 0.2) is 11.5 Å². The molecule has 2 atom stereocenters. The van der Waals surface area contributed by atoms with Crippen LogP contribution in [0.5, 0.6) is 11.5 Å². The van der Waals surface area contributed by atoms with Crippen molar-refractivity contribution in [3.05, 3.63) is 40.3 Å². The number of para-hydroxylation sites is 1. The molecule has 6 nitrogen and oxygen atoms in total. The molecule has 0 radical (unpaired) electrons. The second kappa shape index (κ2) is 8.11. The summed E-state index contributed by atoms with van der Waals surface area (Å²) in [5.74, 6) is 0.592. The van der Waals surface area contributed by atoms with Gasteiger partial charge in [0.25, 0.3) is 0 Å². The highest BCUT2D eigenvalue weighted by atomic mass is 32.2. The summed E-state index contributed by atoms with van der Waals surface area (Å²) in [6.07, 6.45) is 5.70. The molecular formula is C19H19N3O3S. The number of dihydropyridines is 1. The third-order valence-electron chi connectivity index (χ3n) is 4.24. The Morgan fingerprint density at radius 2 is 2.27 bits per heavy atom. The fraction of sp³-hybridized carbons (Fsp3) is 0.316. The summed E-state index contributed by atoms with van der Waals surface area (Å²) >= 11 is 1.49. The van der Waals surface area contributed by atoms with Crippen molar-refractivity contribution < 1.29 is 14.3 Å². The maximum atomic E-state index is 12.3. The maximum absolute atomic E-state index is 12.3. The fourth-order valence-electron chi connectivity index (χ4n) is 3.00. The summed E-state index contributed by atoms with van der Waals surface area (Å²) in [7, 11) is 3.12. The van der Waals surface area contributed by atoms with Crippen LogP contribution in [0, 0.1) is 17.2 Å². The molecule has 0 fully saturated rings. The number of ether oxygens (including phenoxy) is 2. The quantitative estimate of drug-likeness (QED) is 0.807. The van der Waals surface area contributed by atoms with Crippen LogP contribution in [-0.2, 0) is 4.79 Å². The van der Waals surface area contributed by atoms with Gasteiger partial charge in [-0.05, 0) is 24.1 Å². The summed E-state index contributed by atoms with van der Waals surface area (Å²) in [4.78, 5) is 17.6. The number of carbonyl (C=O) groups is 1. The van der Waals surface area contributed by atoms with Gasteiger partial charge < -0.3 is 14.8 Å². The summed E-state index contributed by atoms with van der Waals surface area (Å²) in [6.45, 7) is 0.702. The van der Waals surface area contributed by atoms with Crippen molar-refractivity contribution in [2.45, 2.75) is 11.8 Å². The molecule has 1 aromatic carbocycles. The van der Waals surface area contributed by atoms with Crippen LogP contribution in [0.1, 0.15) is 12.0 Å². The van der Waals surface area contributed by atoms with Crippen LogP contribution in [0.15, 0.2) is 39.7 Å². The second-order valence-electron chi connectivity index (χ2n) is 5.74. The molecule has 1 N–H and O–H groups in total. The third kappa shape index (κ3) is 3.60. The normalized spacial score (nSPS) is 21.4. The molecule has 2 aliphatic heterocycles. The van der Waals surface area contributed by atoms with Crippen LogP contribution < -0.4 is 14.8 Å². The Morgan fingerprint density at radius 1 is 1.42 bits per heavy atom. The number of thioether (sulfide) groups is 1. The molecule has 0 spiro atoms. The number of allylic oxidation sites excluding steroid dienone is 1. The summed E-state index contributed by atoms with van der Waals surface area (Å²) in [5.41, 5.74) is 1.82. The van der Waals surface area contributed by atoms with Crippen LogP contribution >= 0.6 is 11.8 Å². The number of nitriles is 1. The molecule has 0 aliphatic carbocycles. The predicted octanol–water partition coefficient (Wildman–Crippen LogP) is 2.77. The van der Waals surface area contributed by atoms with Crippen molar-refractivity contribution >= 4 is 30.0 Å². The third-order valence-corrected chi connectivity index (χ3v) is 5.50. The maximum Gasteiger partial charge on any atom is 0.244 e. The Balaban J connectivity index is 1.69. The highest BCUT2D eigenvalue weighted by Crippen LogP contribution is 2.42. The van der Waals surface area contributed by atoms with E-state index in [0.29, 0.717) is 18.0 Å². The minimum Gasteiger partial charge on any atom is -0.493 e. The smallest absolute Gasteiger partial charge is 0.244 e. The van der Waals surface area contributed by atoms with E-state index in [-0.39, 0.29) is 17.2 Å². The fourth-order valence-corrected chi connectivity index (χ4v) is 4.32. The van der Waals surface area contributed by atoms with Crippen LogP contribution in [0.25, 0.3) is 6.08 Å². The first-order valence-corrected chi connectivity index (χ1v) is 9.04. The Labute approximate surface area is 156 Å². The van der Waals surface area contributed by atoms with Crippen molar-refractivity contribution in [3.63, 3.8) is 0 Å². The molecular weight excluding hydrogens is 350 g/mol. The number of methoxy groups -OCH3 is 2. The molecule has 1 amide bonds. The zero-order chi connectivity index (χ0) is 18.5. The van der Waals surface area contributed by atoms with E-state index in [0.717, 1.165) is 22.5 Å². The lowest BCUT2D eigenvalue weighted by molar-refractivity contribution is -0.116. The highest BCUT2D eigenvalue weighted by molar-refractivity contribution is 8.04. The molecule has 2 unspecified atom stereocenters. The number of hydrogen-bond donors (Lipinski definition) is 1. The number of rotatable bonds is 5. The van der Waals surface area contributed by atoms with Crippen molar-refractivity contribution in [1.82, 2.24) is 5.32 Å². The zero-order valence-electron chi connectivity index (χ0n) is 14.6. The average Bonchev–Trinajstić information content (AvgIpc) is 3.02. The molecule has 0 saturated carbocycles.